The fourth-order valence-corrected chi connectivity index (χ4v) is 1.28. The number of hydrogen-bond donors (Lipinski definition) is 2. The second-order valence-electron chi connectivity index (χ2n) is 2.87. The Morgan fingerprint density at radius 1 is 1.21 bits per heavy atom. The van der Waals surface area contributed by atoms with E-state index in [0.717, 1.165) is 11.3 Å². The smallest absolute Gasteiger partial charge is 0.269 e. The Balaban J connectivity index is 2.57. The lowest BCUT2D eigenvalue weighted by Gasteiger charge is -1.94. The molecule has 0 radical (unpaired) electrons. The van der Waals surface area contributed by atoms with E-state index in [-0.39, 0.29) is 5.69 Å². The molecule has 0 aromatic carbocycles. The molecule has 1 aromatic rings. The van der Waals surface area contributed by atoms with Crippen LogP contribution < -0.4 is 5.73 Å². The van der Waals surface area contributed by atoms with E-state index in [9.17, 15) is 4.79 Å². The van der Waals surface area contributed by atoms with Gasteiger partial charge in [0.15, 0.2) is 5.69 Å². The lowest BCUT2D eigenvalue weighted by molar-refractivity contribution is 0.0995. The van der Waals surface area contributed by atoms with Crippen LogP contribution in [0.4, 0.5) is 0 Å². The van der Waals surface area contributed by atoms with Crippen molar-refractivity contribution < 1.29 is 4.79 Å². The van der Waals surface area contributed by atoms with Crippen molar-refractivity contribution in [3.8, 4) is 0 Å². The van der Waals surface area contributed by atoms with Gasteiger partial charge in [-0.25, -0.2) is 0 Å². The molecule has 2 rings (SSSR count). The predicted octanol–water partition coefficient (Wildman–Crippen LogP) is 1.10. The Kier molecular flexibility index (Phi) is 2.02. The van der Waals surface area contributed by atoms with Crippen molar-refractivity contribution in [2.75, 3.05) is 0 Å². The van der Waals surface area contributed by atoms with Crippen molar-refractivity contribution in [3.63, 3.8) is 0 Å². The maximum Gasteiger partial charge on any atom is 0.269 e. The number of hydrogen-bond acceptors (Lipinski definition) is 2. The Morgan fingerprint density at radius 3 is 2.64 bits per heavy atom. The van der Waals surface area contributed by atoms with Gasteiger partial charge in [-0.05, 0) is 6.08 Å². The van der Waals surface area contributed by atoms with E-state index < -0.39 is 5.91 Å². The molecule has 0 aliphatic heterocycles. The summed E-state index contributed by atoms with van der Waals surface area (Å²) in [6, 6.07) is 0. The highest BCUT2D eigenvalue weighted by Gasteiger charge is 2.13. The van der Waals surface area contributed by atoms with E-state index in [1.54, 1.807) is 6.08 Å². The number of carbonyl (C=O) groups is 1. The van der Waals surface area contributed by atoms with Crippen molar-refractivity contribution in [2.45, 2.75) is 0 Å². The third-order valence-electron chi connectivity index (χ3n) is 1.93. The molecule has 1 heterocycles. The van der Waals surface area contributed by atoms with Gasteiger partial charge in [-0.3, -0.25) is 9.89 Å². The summed E-state index contributed by atoms with van der Waals surface area (Å²) in [5.41, 5.74) is 6.97. The first-order chi connectivity index (χ1) is 6.79. The Bertz CT molecular complexity index is 452. The topological polar surface area (TPSA) is 71.8 Å². The molecular formula is C10H9N3O. The van der Waals surface area contributed by atoms with Crippen LogP contribution in [0.5, 0.6) is 0 Å². The van der Waals surface area contributed by atoms with Gasteiger partial charge in [0.1, 0.15) is 0 Å². The lowest BCUT2D eigenvalue weighted by atomic mass is 10.1. The molecule has 1 aliphatic rings. The largest absolute Gasteiger partial charge is 0.364 e. The second kappa shape index (κ2) is 3.33. The third kappa shape index (κ3) is 1.37. The highest BCUT2D eigenvalue weighted by Crippen LogP contribution is 2.16. The third-order valence-corrected chi connectivity index (χ3v) is 1.93. The molecule has 0 saturated carbocycles. The normalized spacial score (nSPS) is 13.4. The van der Waals surface area contributed by atoms with Crippen LogP contribution >= 0.6 is 0 Å². The number of nitrogens with two attached hydrogens (primary N) is 1. The highest BCUT2D eigenvalue weighted by molar-refractivity contribution is 5.96. The summed E-state index contributed by atoms with van der Waals surface area (Å²) in [6.07, 6.45) is 11.1. The molecule has 4 nitrogen and oxygen atoms in total. The van der Waals surface area contributed by atoms with E-state index in [0.29, 0.717) is 0 Å². The molecule has 3 N–H and O–H groups in total. The van der Waals surface area contributed by atoms with Crippen molar-refractivity contribution in [1.82, 2.24) is 10.2 Å². The Morgan fingerprint density at radius 2 is 1.93 bits per heavy atom. The molecule has 14 heavy (non-hydrogen) atoms. The zero-order valence-electron chi connectivity index (χ0n) is 7.40. The Labute approximate surface area is 80.8 Å². The van der Waals surface area contributed by atoms with E-state index in [4.69, 9.17) is 5.73 Å². The quantitative estimate of drug-likeness (QED) is 0.691. The molecule has 70 valence electrons. The summed E-state index contributed by atoms with van der Waals surface area (Å²) in [5.74, 6) is -0.523. The van der Waals surface area contributed by atoms with Gasteiger partial charge in [-0.15, -0.1) is 0 Å². The van der Waals surface area contributed by atoms with Gasteiger partial charge in [0.05, 0.1) is 5.69 Å². The number of fused-ring (bicyclic) bond motifs is 1. The number of amides is 1. The molecule has 0 atom stereocenters. The molecule has 0 saturated heterocycles. The summed E-state index contributed by atoms with van der Waals surface area (Å²) in [6.45, 7) is 0. The number of nitrogens with one attached hydrogen (secondary N) is 1. The van der Waals surface area contributed by atoms with Gasteiger partial charge in [0.25, 0.3) is 5.91 Å². The van der Waals surface area contributed by atoms with Crippen molar-refractivity contribution in [1.29, 1.82) is 0 Å². The summed E-state index contributed by atoms with van der Waals surface area (Å²) in [5, 5.41) is 6.60. The second-order valence-corrected chi connectivity index (χ2v) is 2.87. The zero-order chi connectivity index (χ0) is 9.97. The van der Waals surface area contributed by atoms with Gasteiger partial charge < -0.3 is 5.73 Å². The minimum Gasteiger partial charge on any atom is -0.364 e. The van der Waals surface area contributed by atoms with Gasteiger partial charge in [0, 0.05) is 5.56 Å². The van der Waals surface area contributed by atoms with Crippen LogP contribution in [0.3, 0.4) is 0 Å². The van der Waals surface area contributed by atoms with Gasteiger partial charge in [-0.1, -0.05) is 30.4 Å². The minimum atomic E-state index is -0.523. The molecule has 1 amide bonds. The predicted molar refractivity (Wildman–Crippen MR) is 54.3 cm³/mol. The number of aromatic amines is 1. The first kappa shape index (κ1) is 8.50. The van der Waals surface area contributed by atoms with Crippen LogP contribution in [0.1, 0.15) is 21.7 Å². The average Bonchev–Trinajstić information content (AvgIpc) is 2.47. The average molecular weight is 187 g/mol. The van der Waals surface area contributed by atoms with Crippen LogP contribution in [0, 0.1) is 0 Å². The molecular weight excluding hydrogens is 178 g/mol. The number of aromatic nitrogens is 2. The minimum absolute atomic E-state index is 0.274. The fraction of sp³-hybridized carbons (Fsp3) is 0. The number of rotatable bonds is 1. The van der Waals surface area contributed by atoms with Crippen molar-refractivity contribution >= 4 is 18.1 Å². The summed E-state index contributed by atoms with van der Waals surface area (Å²) >= 11 is 0. The molecule has 0 unspecified atom stereocenters. The summed E-state index contributed by atoms with van der Waals surface area (Å²) < 4.78 is 0. The molecule has 0 spiro atoms. The lowest BCUT2D eigenvalue weighted by Crippen LogP contribution is -2.12. The first-order valence-corrected chi connectivity index (χ1v) is 4.18. The number of primary amides is 1. The van der Waals surface area contributed by atoms with E-state index in [1.165, 1.54) is 0 Å². The highest BCUT2D eigenvalue weighted by atomic mass is 16.1. The van der Waals surface area contributed by atoms with Crippen LogP contribution in [0.2, 0.25) is 0 Å². The number of nitrogens with zero attached hydrogens (tertiary/aromatic N) is 1. The van der Waals surface area contributed by atoms with Gasteiger partial charge in [-0.2, -0.15) is 5.10 Å². The van der Waals surface area contributed by atoms with Crippen LogP contribution in [0.25, 0.3) is 12.2 Å². The fourth-order valence-electron chi connectivity index (χ4n) is 1.28. The zero-order valence-corrected chi connectivity index (χ0v) is 7.40. The van der Waals surface area contributed by atoms with E-state index >= 15 is 0 Å². The maximum absolute atomic E-state index is 11.0. The summed E-state index contributed by atoms with van der Waals surface area (Å²) in [7, 11) is 0. The van der Waals surface area contributed by atoms with Crippen LogP contribution in [-0.4, -0.2) is 16.1 Å². The molecule has 1 aromatic heterocycles. The molecule has 1 aliphatic carbocycles. The molecule has 4 heteroatoms. The van der Waals surface area contributed by atoms with E-state index in [2.05, 4.69) is 10.2 Å². The standard InChI is InChI=1S/C10H9N3O/c11-10(14)9-7-5-3-1-2-4-6-8(7)12-13-9/h1-6H,(H2,11,14)(H,12,13). The maximum atomic E-state index is 11.0. The SMILES string of the molecule is NC(=O)c1n[nH]c2c1C=CC=CC=C2. The summed E-state index contributed by atoms with van der Waals surface area (Å²) in [4.78, 5) is 11.0. The van der Waals surface area contributed by atoms with Gasteiger partial charge >= 0.3 is 0 Å². The Hall–Kier alpha value is -2.10. The van der Waals surface area contributed by atoms with Gasteiger partial charge in [0.2, 0.25) is 0 Å². The van der Waals surface area contributed by atoms with Crippen molar-refractivity contribution in [2.24, 2.45) is 5.73 Å². The molecule has 0 fully saturated rings. The molecule has 0 bridgehead atoms. The first-order valence-electron chi connectivity index (χ1n) is 4.18. The van der Waals surface area contributed by atoms with Crippen molar-refractivity contribution in [3.05, 3.63) is 41.3 Å². The number of carbonyl (C=O) groups excluding carboxylic acids is 1. The number of allylic oxidation sites excluding steroid dienone is 4. The van der Waals surface area contributed by atoms with Crippen LogP contribution in [0.15, 0.2) is 24.3 Å². The monoisotopic (exact) mass is 187 g/mol. The number of H-pyrrole nitrogens is 1. The van der Waals surface area contributed by atoms with Crippen LogP contribution in [-0.2, 0) is 0 Å². The van der Waals surface area contributed by atoms with E-state index in [1.807, 2.05) is 30.4 Å².